The van der Waals surface area contributed by atoms with Crippen LogP contribution in [0.2, 0.25) is 0 Å². The van der Waals surface area contributed by atoms with Crippen molar-refractivity contribution in [3.63, 3.8) is 0 Å². The number of thioether (sulfide) groups is 1. The lowest BCUT2D eigenvalue weighted by Crippen LogP contribution is -1.95. The lowest BCUT2D eigenvalue weighted by atomic mass is 10.2. The van der Waals surface area contributed by atoms with E-state index in [0.717, 1.165) is 10.6 Å². The predicted octanol–water partition coefficient (Wildman–Crippen LogP) is 3.28. The van der Waals surface area contributed by atoms with Gasteiger partial charge in [0.1, 0.15) is 6.07 Å². The zero-order chi connectivity index (χ0) is 11.3. The van der Waals surface area contributed by atoms with Crippen molar-refractivity contribution >= 4 is 17.4 Å². The lowest BCUT2D eigenvalue weighted by Gasteiger charge is -2.07. The van der Waals surface area contributed by atoms with Crippen molar-refractivity contribution in [1.29, 1.82) is 5.26 Å². The molecule has 0 bridgehead atoms. The molecule has 0 saturated heterocycles. The first-order valence-corrected chi connectivity index (χ1v) is 6.05. The fraction of sp³-hybridized carbons (Fsp3) is 0.417. The minimum absolute atomic E-state index is 0.574. The second-order valence-corrected chi connectivity index (χ2v) is 5.00. The Kier molecular flexibility index (Phi) is 4.51. The summed E-state index contributed by atoms with van der Waals surface area (Å²) >= 11 is 1.73. The Bertz CT molecular complexity index is 366. The fourth-order valence-electron chi connectivity index (χ4n) is 1.17. The van der Waals surface area contributed by atoms with E-state index in [0.29, 0.717) is 17.2 Å². The SMILES string of the molecule is CC(C)CCSc1cccc(C#N)c1N. The van der Waals surface area contributed by atoms with Gasteiger partial charge in [-0.3, -0.25) is 0 Å². The summed E-state index contributed by atoms with van der Waals surface area (Å²) in [5.41, 5.74) is 7.06. The molecule has 0 heterocycles. The van der Waals surface area contributed by atoms with Crippen LogP contribution in [0.3, 0.4) is 0 Å². The second-order valence-electron chi connectivity index (χ2n) is 3.86. The van der Waals surface area contributed by atoms with Crippen molar-refractivity contribution in [3.05, 3.63) is 23.8 Å². The van der Waals surface area contributed by atoms with E-state index in [-0.39, 0.29) is 0 Å². The van der Waals surface area contributed by atoms with E-state index in [1.165, 1.54) is 6.42 Å². The van der Waals surface area contributed by atoms with Crippen molar-refractivity contribution in [2.75, 3.05) is 11.5 Å². The molecule has 0 aliphatic heterocycles. The van der Waals surface area contributed by atoms with Gasteiger partial charge < -0.3 is 5.73 Å². The molecule has 1 aromatic rings. The van der Waals surface area contributed by atoms with Gasteiger partial charge in [0.2, 0.25) is 0 Å². The quantitative estimate of drug-likeness (QED) is 0.625. The first-order valence-electron chi connectivity index (χ1n) is 5.06. The molecule has 0 spiro atoms. The van der Waals surface area contributed by atoms with Gasteiger partial charge in [-0.2, -0.15) is 5.26 Å². The largest absolute Gasteiger partial charge is 0.397 e. The number of hydrogen-bond donors (Lipinski definition) is 1. The lowest BCUT2D eigenvalue weighted by molar-refractivity contribution is 0.632. The number of anilines is 1. The van der Waals surface area contributed by atoms with Gasteiger partial charge >= 0.3 is 0 Å². The highest BCUT2D eigenvalue weighted by Crippen LogP contribution is 2.28. The molecular formula is C12H16N2S. The summed E-state index contributed by atoms with van der Waals surface area (Å²) in [5.74, 6) is 1.76. The zero-order valence-corrected chi connectivity index (χ0v) is 9.97. The molecule has 0 radical (unpaired) electrons. The number of para-hydroxylation sites is 1. The monoisotopic (exact) mass is 220 g/mol. The molecule has 0 aliphatic carbocycles. The average molecular weight is 220 g/mol. The van der Waals surface area contributed by atoms with Crippen LogP contribution in [-0.4, -0.2) is 5.75 Å². The van der Waals surface area contributed by atoms with E-state index in [2.05, 4.69) is 19.9 Å². The number of nitriles is 1. The molecular weight excluding hydrogens is 204 g/mol. The van der Waals surface area contributed by atoms with Gasteiger partial charge in [0.15, 0.2) is 0 Å². The summed E-state index contributed by atoms with van der Waals surface area (Å²) in [6.45, 7) is 4.41. The zero-order valence-electron chi connectivity index (χ0n) is 9.16. The van der Waals surface area contributed by atoms with Gasteiger partial charge in [0.05, 0.1) is 11.3 Å². The summed E-state index contributed by atoms with van der Waals surface area (Å²) in [5, 5.41) is 8.82. The number of hydrogen-bond acceptors (Lipinski definition) is 3. The molecule has 3 heteroatoms. The summed E-state index contributed by atoms with van der Waals surface area (Å²) in [6, 6.07) is 7.70. The fourth-order valence-corrected chi connectivity index (χ4v) is 2.42. The predicted molar refractivity (Wildman–Crippen MR) is 65.7 cm³/mol. The van der Waals surface area contributed by atoms with Gasteiger partial charge in [-0.25, -0.2) is 0 Å². The second kappa shape index (κ2) is 5.67. The van der Waals surface area contributed by atoms with Gasteiger partial charge in [-0.1, -0.05) is 19.9 Å². The highest BCUT2D eigenvalue weighted by Gasteiger charge is 2.04. The Balaban J connectivity index is 2.66. The Labute approximate surface area is 95.5 Å². The van der Waals surface area contributed by atoms with Crippen molar-refractivity contribution < 1.29 is 0 Å². The van der Waals surface area contributed by atoms with Crippen LogP contribution in [-0.2, 0) is 0 Å². The standard InChI is InChI=1S/C12H16N2S/c1-9(2)6-7-15-11-5-3-4-10(8-13)12(11)14/h3-5,9H,6-7,14H2,1-2H3. The molecule has 80 valence electrons. The summed E-state index contributed by atoms with van der Waals surface area (Å²) in [4.78, 5) is 1.02. The van der Waals surface area contributed by atoms with Crippen molar-refractivity contribution in [3.8, 4) is 6.07 Å². The maximum absolute atomic E-state index is 8.82. The van der Waals surface area contributed by atoms with Crippen LogP contribution in [0.4, 0.5) is 5.69 Å². The molecule has 0 aromatic heterocycles. The smallest absolute Gasteiger partial charge is 0.101 e. The molecule has 0 aliphatic rings. The number of nitrogens with two attached hydrogens (primary N) is 1. The van der Waals surface area contributed by atoms with Crippen LogP contribution in [0, 0.1) is 17.2 Å². The number of rotatable bonds is 4. The number of nitrogens with zero attached hydrogens (tertiary/aromatic N) is 1. The molecule has 0 fully saturated rings. The number of nitrogen functional groups attached to an aromatic ring is 1. The Morgan fingerprint density at radius 1 is 1.47 bits per heavy atom. The van der Waals surface area contributed by atoms with Gasteiger partial charge in [-0.15, -0.1) is 11.8 Å². The summed E-state index contributed by atoms with van der Waals surface area (Å²) < 4.78 is 0. The normalized spacial score (nSPS) is 10.3. The highest BCUT2D eigenvalue weighted by molar-refractivity contribution is 7.99. The molecule has 0 atom stereocenters. The van der Waals surface area contributed by atoms with Crippen LogP contribution < -0.4 is 5.73 Å². The first-order chi connectivity index (χ1) is 7.15. The topological polar surface area (TPSA) is 49.8 Å². The Morgan fingerprint density at radius 3 is 2.80 bits per heavy atom. The van der Waals surface area contributed by atoms with Crippen molar-refractivity contribution in [1.82, 2.24) is 0 Å². The Hall–Kier alpha value is -1.14. The van der Waals surface area contributed by atoms with Gasteiger partial charge in [0.25, 0.3) is 0 Å². The van der Waals surface area contributed by atoms with Crippen LogP contribution in [0.1, 0.15) is 25.8 Å². The van der Waals surface area contributed by atoms with Crippen LogP contribution >= 0.6 is 11.8 Å². The van der Waals surface area contributed by atoms with E-state index >= 15 is 0 Å². The third kappa shape index (κ3) is 3.49. The molecule has 0 amide bonds. The molecule has 0 saturated carbocycles. The molecule has 0 unspecified atom stereocenters. The third-order valence-corrected chi connectivity index (χ3v) is 3.25. The number of benzene rings is 1. The van der Waals surface area contributed by atoms with E-state index in [4.69, 9.17) is 11.0 Å². The van der Waals surface area contributed by atoms with Crippen molar-refractivity contribution in [2.45, 2.75) is 25.2 Å². The van der Waals surface area contributed by atoms with Crippen LogP contribution in [0.15, 0.2) is 23.1 Å². The maximum atomic E-state index is 8.82. The molecule has 15 heavy (non-hydrogen) atoms. The summed E-state index contributed by atoms with van der Waals surface area (Å²) in [6.07, 6.45) is 1.17. The van der Waals surface area contributed by atoms with Gasteiger partial charge in [0, 0.05) is 4.90 Å². The van der Waals surface area contributed by atoms with Crippen LogP contribution in [0.5, 0.6) is 0 Å². The molecule has 1 rings (SSSR count). The van der Waals surface area contributed by atoms with Crippen molar-refractivity contribution in [2.24, 2.45) is 5.92 Å². The minimum Gasteiger partial charge on any atom is -0.397 e. The highest BCUT2D eigenvalue weighted by atomic mass is 32.2. The van der Waals surface area contributed by atoms with Gasteiger partial charge in [-0.05, 0) is 30.2 Å². The van der Waals surface area contributed by atoms with E-state index in [9.17, 15) is 0 Å². The van der Waals surface area contributed by atoms with E-state index in [1.54, 1.807) is 17.8 Å². The maximum Gasteiger partial charge on any atom is 0.101 e. The molecule has 2 nitrogen and oxygen atoms in total. The minimum atomic E-state index is 0.574. The van der Waals surface area contributed by atoms with E-state index < -0.39 is 0 Å². The first kappa shape index (κ1) is 11.9. The molecule has 1 aromatic carbocycles. The summed E-state index contributed by atoms with van der Waals surface area (Å²) in [7, 11) is 0. The molecule has 2 N–H and O–H groups in total. The van der Waals surface area contributed by atoms with E-state index in [1.807, 2.05) is 12.1 Å². The average Bonchev–Trinajstić information content (AvgIpc) is 2.20. The third-order valence-electron chi connectivity index (χ3n) is 2.14. The Morgan fingerprint density at radius 2 is 2.20 bits per heavy atom. The van der Waals surface area contributed by atoms with Crippen LogP contribution in [0.25, 0.3) is 0 Å².